The van der Waals surface area contributed by atoms with Gasteiger partial charge in [0.2, 0.25) is 0 Å². The van der Waals surface area contributed by atoms with Crippen molar-refractivity contribution >= 4 is 28.7 Å². The van der Waals surface area contributed by atoms with Gasteiger partial charge in [-0.3, -0.25) is 0 Å². The van der Waals surface area contributed by atoms with E-state index in [1.807, 2.05) is 6.92 Å². The van der Waals surface area contributed by atoms with Crippen molar-refractivity contribution in [3.05, 3.63) is 22.5 Å². The van der Waals surface area contributed by atoms with Gasteiger partial charge in [-0.15, -0.1) is 0 Å². The van der Waals surface area contributed by atoms with Gasteiger partial charge in [0, 0.05) is 0 Å². The lowest BCUT2D eigenvalue weighted by atomic mass is 10.1. The van der Waals surface area contributed by atoms with Crippen LogP contribution in [0.15, 0.2) is 10.6 Å². The molecular weight excluding hydrogens is 220 g/mol. The monoisotopic (exact) mass is 226 g/mol. The maximum Gasteiger partial charge on any atom is 0.336 e. The van der Waals surface area contributed by atoms with Crippen molar-refractivity contribution in [3.8, 4) is 0 Å². The van der Waals surface area contributed by atoms with Gasteiger partial charge < -0.3 is 9.63 Å². The Morgan fingerprint density at radius 1 is 1.67 bits per heavy atom. The molecule has 2 heterocycles. The van der Waals surface area contributed by atoms with E-state index in [1.54, 1.807) is 0 Å². The summed E-state index contributed by atoms with van der Waals surface area (Å²) in [6, 6.07) is 1.29. The summed E-state index contributed by atoms with van der Waals surface area (Å²) in [5.74, 6) is -1.07. The third kappa shape index (κ3) is 1.55. The normalized spacial score (nSPS) is 10.8. The first kappa shape index (κ1) is 9.92. The fourth-order valence-corrected chi connectivity index (χ4v) is 1.58. The molecule has 0 radical (unpaired) electrons. The Morgan fingerprint density at radius 3 is 3.00 bits per heavy atom. The average molecular weight is 227 g/mol. The Hall–Kier alpha value is -1.62. The van der Waals surface area contributed by atoms with E-state index in [-0.39, 0.29) is 16.4 Å². The van der Waals surface area contributed by atoms with Gasteiger partial charge in [-0.05, 0) is 12.5 Å². The van der Waals surface area contributed by atoms with E-state index in [0.29, 0.717) is 17.5 Å². The smallest absolute Gasteiger partial charge is 0.336 e. The third-order valence-corrected chi connectivity index (χ3v) is 2.24. The molecule has 0 bridgehead atoms. The number of rotatable bonds is 2. The molecule has 0 spiro atoms. The highest BCUT2D eigenvalue weighted by Crippen LogP contribution is 2.24. The summed E-state index contributed by atoms with van der Waals surface area (Å²) < 4.78 is 4.90. The summed E-state index contributed by atoms with van der Waals surface area (Å²) in [5, 5.41) is 13.2. The molecule has 2 aromatic heterocycles. The number of aromatic carboxylic acids is 1. The zero-order valence-electron chi connectivity index (χ0n) is 7.82. The predicted molar refractivity (Wildman–Crippen MR) is 53.2 cm³/mol. The van der Waals surface area contributed by atoms with Crippen LogP contribution in [-0.4, -0.2) is 21.2 Å². The van der Waals surface area contributed by atoms with Crippen molar-refractivity contribution in [2.75, 3.05) is 0 Å². The van der Waals surface area contributed by atoms with Crippen molar-refractivity contribution in [1.29, 1.82) is 0 Å². The van der Waals surface area contributed by atoms with Crippen LogP contribution in [0.4, 0.5) is 0 Å². The first-order chi connectivity index (χ1) is 7.13. The second-order valence-corrected chi connectivity index (χ2v) is 3.35. The second-order valence-electron chi connectivity index (χ2n) is 2.96. The van der Waals surface area contributed by atoms with Crippen molar-refractivity contribution in [3.63, 3.8) is 0 Å². The molecule has 5 nitrogen and oxygen atoms in total. The zero-order valence-corrected chi connectivity index (χ0v) is 8.58. The molecule has 1 N–H and O–H groups in total. The number of aromatic nitrogens is 2. The molecule has 2 aromatic rings. The van der Waals surface area contributed by atoms with Gasteiger partial charge in [0.05, 0.1) is 16.6 Å². The molecule has 0 aliphatic rings. The minimum atomic E-state index is -1.07. The van der Waals surface area contributed by atoms with Gasteiger partial charge in [0.25, 0.3) is 5.71 Å². The number of nitrogens with zero attached hydrogens (tertiary/aromatic N) is 2. The Kier molecular flexibility index (Phi) is 2.32. The molecule has 0 fully saturated rings. The largest absolute Gasteiger partial charge is 0.478 e. The highest BCUT2D eigenvalue weighted by atomic mass is 35.5. The summed E-state index contributed by atoms with van der Waals surface area (Å²) in [4.78, 5) is 14.8. The third-order valence-electron chi connectivity index (χ3n) is 2.05. The van der Waals surface area contributed by atoms with E-state index in [2.05, 4.69) is 10.1 Å². The van der Waals surface area contributed by atoms with Crippen LogP contribution in [0.5, 0.6) is 0 Å². The first-order valence-electron chi connectivity index (χ1n) is 4.31. The van der Waals surface area contributed by atoms with E-state index in [0.717, 1.165) is 0 Å². The Labute approximate surface area is 89.7 Å². The van der Waals surface area contributed by atoms with Crippen LogP contribution in [-0.2, 0) is 6.42 Å². The van der Waals surface area contributed by atoms with Gasteiger partial charge in [-0.2, -0.15) is 4.98 Å². The molecule has 0 aliphatic heterocycles. The topological polar surface area (TPSA) is 76.2 Å². The van der Waals surface area contributed by atoms with E-state index in [4.69, 9.17) is 21.2 Å². The Morgan fingerprint density at radius 2 is 2.40 bits per heavy atom. The van der Waals surface area contributed by atoms with Gasteiger partial charge in [-0.25, -0.2) is 4.79 Å². The summed E-state index contributed by atoms with van der Waals surface area (Å²) in [7, 11) is 0. The Balaban J connectivity index is 2.85. The molecule has 15 heavy (non-hydrogen) atoms. The number of pyridine rings is 1. The van der Waals surface area contributed by atoms with Gasteiger partial charge in [0.15, 0.2) is 0 Å². The molecule has 0 aromatic carbocycles. The number of halogens is 1. The molecule has 2 rings (SSSR count). The van der Waals surface area contributed by atoms with Crippen molar-refractivity contribution in [2.24, 2.45) is 0 Å². The van der Waals surface area contributed by atoms with Crippen molar-refractivity contribution in [1.82, 2.24) is 10.1 Å². The maximum absolute atomic E-state index is 11.0. The molecule has 0 aliphatic carbocycles. The average Bonchev–Trinajstić information content (AvgIpc) is 2.58. The summed E-state index contributed by atoms with van der Waals surface area (Å²) in [6.07, 6.45) is 0.580. The lowest BCUT2D eigenvalue weighted by Crippen LogP contribution is -1.99. The van der Waals surface area contributed by atoms with Gasteiger partial charge in [-0.1, -0.05) is 23.7 Å². The Bertz CT molecular complexity index is 535. The van der Waals surface area contributed by atoms with E-state index in [1.165, 1.54) is 6.07 Å². The molecule has 0 atom stereocenters. The molecule has 0 amide bonds. The minimum Gasteiger partial charge on any atom is -0.478 e. The van der Waals surface area contributed by atoms with E-state index < -0.39 is 5.97 Å². The molecule has 6 heteroatoms. The molecule has 78 valence electrons. The number of aryl methyl sites for hydroxylation is 1. The highest BCUT2D eigenvalue weighted by Gasteiger charge is 2.18. The van der Waals surface area contributed by atoms with Crippen LogP contribution in [0.25, 0.3) is 11.1 Å². The van der Waals surface area contributed by atoms with Gasteiger partial charge in [0.1, 0.15) is 5.15 Å². The van der Waals surface area contributed by atoms with Crippen LogP contribution < -0.4 is 0 Å². The number of carbonyl (C=O) groups is 1. The fourth-order valence-electron chi connectivity index (χ4n) is 1.39. The molecule has 0 unspecified atom stereocenters. The fraction of sp³-hybridized carbons (Fsp3) is 0.222. The summed E-state index contributed by atoms with van der Waals surface area (Å²) in [6.45, 7) is 1.86. The number of fused-ring (bicyclic) bond motifs is 1. The zero-order chi connectivity index (χ0) is 11.0. The maximum atomic E-state index is 11.0. The van der Waals surface area contributed by atoms with Crippen molar-refractivity contribution in [2.45, 2.75) is 13.3 Å². The quantitative estimate of drug-likeness (QED) is 0.794. The predicted octanol–water partition coefficient (Wildman–Crippen LogP) is 2.14. The van der Waals surface area contributed by atoms with Crippen LogP contribution in [0.3, 0.4) is 0 Å². The summed E-state index contributed by atoms with van der Waals surface area (Å²) in [5.41, 5.74) is 0.811. The summed E-state index contributed by atoms with van der Waals surface area (Å²) >= 11 is 5.66. The number of hydrogen-bond acceptors (Lipinski definition) is 4. The number of carboxylic acids is 1. The lowest BCUT2D eigenvalue weighted by molar-refractivity contribution is 0.0699. The van der Waals surface area contributed by atoms with Crippen LogP contribution in [0.2, 0.25) is 5.15 Å². The van der Waals surface area contributed by atoms with E-state index in [9.17, 15) is 4.79 Å². The van der Waals surface area contributed by atoms with Crippen LogP contribution in [0.1, 0.15) is 23.0 Å². The molecule has 0 saturated heterocycles. The molecular formula is C9H7ClN2O3. The first-order valence-corrected chi connectivity index (χ1v) is 4.69. The van der Waals surface area contributed by atoms with Crippen molar-refractivity contribution < 1.29 is 14.4 Å². The second kappa shape index (κ2) is 3.51. The van der Waals surface area contributed by atoms with Crippen LogP contribution >= 0.6 is 11.6 Å². The lowest BCUT2D eigenvalue weighted by Gasteiger charge is -1.97. The van der Waals surface area contributed by atoms with Crippen LogP contribution in [0, 0.1) is 0 Å². The SMILES string of the molecule is CCc1noc2nc(Cl)cc(C(=O)O)c12. The minimum absolute atomic E-state index is 0.0723. The molecule has 0 saturated carbocycles. The van der Waals surface area contributed by atoms with Gasteiger partial charge >= 0.3 is 5.97 Å². The standard InChI is InChI=1S/C9H7ClN2O3/c1-2-5-7-4(9(13)14)3-6(10)11-8(7)15-12-5/h3H,2H2,1H3,(H,13,14). The highest BCUT2D eigenvalue weighted by molar-refractivity contribution is 6.30. The number of hydrogen-bond donors (Lipinski definition) is 1. The number of carboxylic acid groups (broad SMARTS) is 1. The van der Waals surface area contributed by atoms with E-state index >= 15 is 0 Å².